The van der Waals surface area contributed by atoms with Crippen LogP contribution in [0.3, 0.4) is 0 Å². The third kappa shape index (κ3) is 3.37. The van der Waals surface area contributed by atoms with Gasteiger partial charge in [0.05, 0.1) is 5.54 Å². The molecule has 19 heavy (non-hydrogen) atoms. The Hall–Kier alpha value is -0.420. The topological polar surface area (TPSA) is 20.3 Å². The number of hydrogen-bond donors (Lipinski definition) is 0. The lowest BCUT2D eigenvalue weighted by molar-refractivity contribution is -0.131. The highest BCUT2D eigenvalue weighted by molar-refractivity contribution is 14.1. The Morgan fingerprint density at radius 2 is 1.74 bits per heavy atom. The molecule has 1 saturated carbocycles. The van der Waals surface area contributed by atoms with Crippen LogP contribution in [0.25, 0.3) is 0 Å². The molecule has 0 aliphatic heterocycles. The lowest BCUT2D eigenvalue weighted by Gasteiger charge is -2.41. The summed E-state index contributed by atoms with van der Waals surface area (Å²) in [5.74, 6) is 0.387. The van der Waals surface area contributed by atoms with E-state index in [1.54, 1.807) is 0 Å². The molecule has 0 aromatic heterocycles. The van der Waals surface area contributed by atoms with Gasteiger partial charge in [0.25, 0.3) is 0 Å². The minimum absolute atomic E-state index is 0.221. The highest BCUT2D eigenvalue weighted by Crippen LogP contribution is 2.34. The van der Waals surface area contributed by atoms with Crippen molar-refractivity contribution >= 4 is 28.4 Å². The summed E-state index contributed by atoms with van der Waals surface area (Å²) in [6, 6.07) is 8.30. The molecule has 3 heteroatoms. The standard InChI is InChI=1S/C16H22INO/c1-18(2)16(10-4-3-5-11-16)15(19)12-13-6-8-14(17)9-7-13/h6-9H,3-5,10-12H2,1-2H3. The van der Waals surface area contributed by atoms with Crippen LogP contribution in [0.5, 0.6) is 0 Å². The summed E-state index contributed by atoms with van der Waals surface area (Å²) in [4.78, 5) is 14.9. The maximum atomic E-state index is 12.8. The third-order valence-corrected chi connectivity index (χ3v) is 5.05. The molecule has 1 fully saturated rings. The van der Waals surface area contributed by atoms with E-state index in [1.807, 2.05) is 0 Å². The summed E-state index contributed by atoms with van der Waals surface area (Å²) in [5.41, 5.74) is 0.915. The van der Waals surface area contributed by atoms with Crippen molar-refractivity contribution < 1.29 is 4.79 Å². The fourth-order valence-electron chi connectivity index (χ4n) is 3.06. The summed E-state index contributed by atoms with van der Waals surface area (Å²) < 4.78 is 1.22. The van der Waals surface area contributed by atoms with Crippen LogP contribution in [-0.4, -0.2) is 30.3 Å². The number of Topliss-reactive ketones (excluding diaryl/α,β-unsaturated/α-hetero) is 1. The highest BCUT2D eigenvalue weighted by atomic mass is 127. The van der Waals surface area contributed by atoms with Gasteiger partial charge in [-0.25, -0.2) is 0 Å². The van der Waals surface area contributed by atoms with Gasteiger partial charge in [-0.15, -0.1) is 0 Å². The second kappa shape index (κ2) is 6.35. The van der Waals surface area contributed by atoms with Gasteiger partial charge in [-0.05, 0) is 67.2 Å². The molecule has 0 spiro atoms. The second-order valence-corrected chi connectivity index (χ2v) is 6.96. The molecule has 1 aliphatic carbocycles. The van der Waals surface area contributed by atoms with Gasteiger partial charge >= 0.3 is 0 Å². The van der Waals surface area contributed by atoms with Crippen LogP contribution in [-0.2, 0) is 11.2 Å². The lowest BCUT2D eigenvalue weighted by atomic mass is 9.76. The molecule has 0 atom stereocenters. The van der Waals surface area contributed by atoms with Crippen molar-refractivity contribution in [2.75, 3.05) is 14.1 Å². The molecule has 2 nitrogen and oxygen atoms in total. The Labute approximate surface area is 129 Å². The maximum absolute atomic E-state index is 12.8. The van der Waals surface area contributed by atoms with E-state index in [9.17, 15) is 4.79 Å². The average molecular weight is 371 g/mol. The highest BCUT2D eigenvalue weighted by Gasteiger charge is 2.40. The van der Waals surface area contributed by atoms with E-state index >= 15 is 0 Å². The fraction of sp³-hybridized carbons (Fsp3) is 0.562. The number of carbonyl (C=O) groups is 1. The molecule has 0 saturated heterocycles. The molecule has 0 bridgehead atoms. The lowest BCUT2D eigenvalue weighted by Crippen LogP contribution is -2.53. The first-order valence-electron chi connectivity index (χ1n) is 7.00. The molecule has 0 N–H and O–H groups in total. The number of ketones is 1. The zero-order valence-corrected chi connectivity index (χ0v) is 13.9. The maximum Gasteiger partial charge on any atom is 0.157 e. The van der Waals surface area contributed by atoms with Gasteiger partial charge in [0.1, 0.15) is 0 Å². The molecule has 0 radical (unpaired) electrons. The van der Waals surface area contributed by atoms with Gasteiger partial charge in [0, 0.05) is 9.99 Å². The predicted octanol–water partition coefficient (Wildman–Crippen LogP) is 3.67. The summed E-state index contributed by atoms with van der Waals surface area (Å²) in [7, 11) is 4.11. The normalized spacial score (nSPS) is 18.5. The average Bonchev–Trinajstić information content (AvgIpc) is 2.42. The zero-order valence-electron chi connectivity index (χ0n) is 11.8. The molecule has 0 unspecified atom stereocenters. The molecule has 1 aliphatic rings. The van der Waals surface area contributed by atoms with E-state index in [0.29, 0.717) is 12.2 Å². The van der Waals surface area contributed by atoms with Gasteiger partial charge < -0.3 is 0 Å². The Morgan fingerprint density at radius 1 is 1.16 bits per heavy atom. The third-order valence-electron chi connectivity index (χ3n) is 4.33. The van der Waals surface area contributed by atoms with Crippen molar-refractivity contribution in [2.45, 2.75) is 44.1 Å². The molecular weight excluding hydrogens is 349 g/mol. The SMILES string of the molecule is CN(C)C1(C(=O)Cc2ccc(I)cc2)CCCCC1. The van der Waals surface area contributed by atoms with Crippen LogP contribution in [0.2, 0.25) is 0 Å². The summed E-state index contributed by atoms with van der Waals surface area (Å²) in [5, 5.41) is 0. The molecule has 104 valence electrons. The van der Waals surface area contributed by atoms with Gasteiger partial charge in [-0.1, -0.05) is 31.4 Å². The van der Waals surface area contributed by atoms with E-state index in [2.05, 4.69) is 65.9 Å². The van der Waals surface area contributed by atoms with Crippen molar-refractivity contribution in [2.24, 2.45) is 0 Å². The van der Waals surface area contributed by atoms with Crippen molar-refractivity contribution in [3.05, 3.63) is 33.4 Å². The molecule has 2 rings (SSSR count). The van der Waals surface area contributed by atoms with Gasteiger partial charge in [0.15, 0.2) is 5.78 Å². The number of carbonyl (C=O) groups excluding carboxylic acids is 1. The number of nitrogens with zero attached hydrogens (tertiary/aromatic N) is 1. The molecule has 1 aromatic rings. The van der Waals surface area contributed by atoms with E-state index in [-0.39, 0.29) is 5.54 Å². The molecule has 1 aromatic carbocycles. The van der Waals surface area contributed by atoms with Gasteiger partial charge in [-0.3, -0.25) is 9.69 Å². The summed E-state index contributed by atoms with van der Waals surface area (Å²) in [6.45, 7) is 0. The number of halogens is 1. The van der Waals surface area contributed by atoms with Crippen LogP contribution in [0.15, 0.2) is 24.3 Å². The van der Waals surface area contributed by atoms with Gasteiger partial charge in [0.2, 0.25) is 0 Å². The smallest absolute Gasteiger partial charge is 0.157 e. The summed E-state index contributed by atoms with van der Waals surface area (Å²) in [6.07, 6.45) is 6.22. The minimum Gasteiger partial charge on any atom is -0.297 e. The Bertz CT molecular complexity index is 433. The largest absolute Gasteiger partial charge is 0.297 e. The van der Waals surface area contributed by atoms with E-state index < -0.39 is 0 Å². The van der Waals surface area contributed by atoms with Crippen LogP contribution in [0, 0.1) is 3.57 Å². The number of benzene rings is 1. The van der Waals surface area contributed by atoms with E-state index in [4.69, 9.17) is 0 Å². The van der Waals surface area contributed by atoms with Crippen molar-refractivity contribution in [3.8, 4) is 0 Å². The number of likely N-dealkylation sites (N-methyl/N-ethyl adjacent to an activating group) is 1. The van der Waals surface area contributed by atoms with E-state index in [1.165, 1.54) is 22.8 Å². The van der Waals surface area contributed by atoms with Crippen LogP contribution >= 0.6 is 22.6 Å². The Morgan fingerprint density at radius 3 is 2.26 bits per heavy atom. The quantitative estimate of drug-likeness (QED) is 0.753. The fourth-order valence-corrected chi connectivity index (χ4v) is 3.42. The first-order valence-corrected chi connectivity index (χ1v) is 8.08. The van der Waals surface area contributed by atoms with Gasteiger partial charge in [-0.2, -0.15) is 0 Å². The molecular formula is C16H22INO. The first kappa shape index (κ1) is 15.0. The predicted molar refractivity (Wildman–Crippen MR) is 87.4 cm³/mol. The zero-order chi connectivity index (χ0) is 13.9. The Balaban J connectivity index is 2.14. The monoisotopic (exact) mass is 371 g/mol. The van der Waals surface area contributed by atoms with Crippen molar-refractivity contribution in [3.63, 3.8) is 0 Å². The van der Waals surface area contributed by atoms with Crippen LogP contribution in [0.1, 0.15) is 37.7 Å². The van der Waals surface area contributed by atoms with Crippen molar-refractivity contribution in [1.29, 1.82) is 0 Å². The van der Waals surface area contributed by atoms with E-state index in [0.717, 1.165) is 18.4 Å². The second-order valence-electron chi connectivity index (χ2n) is 5.71. The first-order chi connectivity index (χ1) is 9.04. The molecule has 0 amide bonds. The van der Waals surface area contributed by atoms with Crippen LogP contribution in [0.4, 0.5) is 0 Å². The Kier molecular flexibility index (Phi) is 5.01. The summed E-state index contributed by atoms with van der Waals surface area (Å²) >= 11 is 2.29. The van der Waals surface area contributed by atoms with Crippen molar-refractivity contribution in [1.82, 2.24) is 4.90 Å². The minimum atomic E-state index is -0.221. The molecule has 0 heterocycles. The number of rotatable bonds is 4. The van der Waals surface area contributed by atoms with Crippen LogP contribution < -0.4 is 0 Å². The number of hydrogen-bond acceptors (Lipinski definition) is 2.